The van der Waals surface area contributed by atoms with Gasteiger partial charge in [0.15, 0.2) is 0 Å². The van der Waals surface area contributed by atoms with Crippen LogP contribution in [0.2, 0.25) is 0 Å². The zero-order valence-corrected chi connectivity index (χ0v) is 13.6. The van der Waals surface area contributed by atoms with E-state index in [2.05, 4.69) is 54.2 Å². The van der Waals surface area contributed by atoms with Crippen LogP contribution in [0.25, 0.3) is 10.9 Å². The summed E-state index contributed by atoms with van der Waals surface area (Å²) in [5, 5.41) is 4.74. The molecule has 1 aromatic heterocycles. The van der Waals surface area contributed by atoms with Gasteiger partial charge in [-0.1, -0.05) is 26.0 Å². The number of rotatable bonds is 9. The van der Waals surface area contributed by atoms with Crippen molar-refractivity contribution in [3.05, 3.63) is 36.0 Å². The Kier molecular flexibility index (Phi) is 6.27. The number of aromatic nitrogens is 1. The van der Waals surface area contributed by atoms with Crippen LogP contribution in [0.1, 0.15) is 32.3 Å². The Morgan fingerprint density at radius 2 is 2.10 bits per heavy atom. The van der Waals surface area contributed by atoms with E-state index in [0.717, 1.165) is 32.2 Å². The molecule has 2 rings (SSSR count). The van der Waals surface area contributed by atoms with Crippen molar-refractivity contribution in [2.75, 3.05) is 20.3 Å². The summed E-state index contributed by atoms with van der Waals surface area (Å²) in [4.78, 5) is 0. The highest BCUT2D eigenvalue weighted by molar-refractivity contribution is 5.80. The first-order valence-corrected chi connectivity index (χ1v) is 7.98. The van der Waals surface area contributed by atoms with Gasteiger partial charge in [0.25, 0.3) is 0 Å². The van der Waals surface area contributed by atoms with Crippen LogP contribution in [0.4, 0.5) is 0 Å². The third kappa shape index (κ3) is 4.87. The van der Waals surface area contributed by atoms with Crippen LogP contribution in [0.15, 0.2) is 30.5 Å². The lowest BCUT2D eigenvalue weighted by molar-refractivity contribution is 0.199. The van der Waals surface area contributed by atoms with Gasteiger partial charge in [-0.25, -0.2) is 0 Å². The van der Waals surface area contributed by atoms with E-state index in [1.54, 1.807) is 7.11 Å². The second kappa shape index (κ2) is 8.20. The van der Waals surface area contributed by atoms with Gasteiger partial charge in [0.1, 0.15) is 0 Å². The summed E-state index contributed by atoms with van der Waals surface area (Å²) < 4.78 is 7.44. The third-order valence-electron chi connectivity index (χ3n) is 3.83. The molecule has 1 heterocycles. The molecule has 0 saturated carbocycles. The van der Waals surface area contributed by atoms with E-state index in [9.17, 15) is 0 Å². The highest BCUT2D eigenvalue weighted by atomic mass is 16.5. The van der Waals surface area contributed by atoms with Crippen LogP contribution < -0.4 is 5.32 Å². The van der Waals surface area contributed by atoms with Crippen molar-refractivity contribution in [3.8, 4) is 0 Å². The quantitative estimate of drug-likeness (QED) is 0.710. The number of ether oxygens (including phenoxy) is 1. The van der Waals surface area contributed by atoms with Gasteiger partial charge in [-0.3, -0.25) is 0 Å². The fraction of sp³-hybridized carbons (Fsp3) is 0.556. The van der Waals surface area contributed by atoms with Crippen molar-refractivity contribution in [1.29, 1.82) is 0 Å². The maximum atomic E-state index is 5.05. The Morgan fingerprint density at radius 3 is 2.86 bits per heavy atom. The van der Waals surface area contributed by atoms with Gasteiger partial charge in [-0.15, -0.1) is 0 Å². The fourth-order valence-corrected chi connectivity index (χ4v) is 2.61. The minimum absolute atomic E-state index is 0.758. The van der Waals surface area contributed by atoms with Gasteiger partial charge in [-0.05, 0) is 41.8 Å². The summed E-state index contributed by atoms with van der Waals surface area (Å²) in [6.07, 6.45) is 4.75. The summed E-state index contributed by atoms with van der Waals surface area (Å²) >= 11 is 0. The number of benzene rings is 1. The SMILES string of the molecule is COCCNCc1ccc2ccn(CCCC(C)C)c2c1. The molecule has 0 spiro atoms. The maximum Gasteiger partial charge on any atom is 0.0587 e. The van der Waals surface area contributed by atoms with Crippen molar-refractivity contribution in [2.24, 2.45) is 5.92 Å². The van der Waals surface area contributed by atoms with E-state index < -0.39 is 0 Å². The molecule has 0 radical (unpaired) electrons. The second-order valence-corrected chi connectivity index (χ2v) is 6.11. The normalized spacial score (nSPS) is 11.6. The first kappa shape index (κ1) is 16.1. The lowest BCUT2D eigenvalue weighted by atomic mass is 10.1. The summed E-state index contributed by atoms with van der Waals surface area (Å²) in [5.74, 6) is 0.785. The first-order valence-electron chi connectivity index (χ1n) is 7.98. The molecule has 0 saturated heterocycles. The molecule has 0 bridgehead atoms. The van der Waals surface area contributed by atoms with Gasteiger partial charge in [0.05, 0.1) is 6.61 Å². The maximum absolute atomic E-state index is 5.05. The molecule has 21 heavy (non-hydrogen) atoms. The van der Waals surface area contributed by atoms with Crippen LogP contribution in [0.3, 0.4) is 0 Å². The summed E-state index contributed by atoms with van der Waals surface area (Å²) in [6.45, 7) is 8.24. The second-order valence-electron chi connectivity index (χ2n) is 6.11. The average molecular weight is 288 g/mol. The van der Waals surface area contributed by atoms with Crippen molar-refractivity contribution >= 4 is 10.9 Å². The van der Waals surface area contributed by atoms with E-state index in [1.807, 2.05) is 0 Å². The van der Waals surface area contributed by atoms with Crippen LogP contribution in [0.5, 0.6) is 0 Å². The zero-order chi connectivity index (χ0) is 15.1. The highest BCUT2D eigenvalue weighted by Gasteiger charge is 2.03. The fourth-order valence-electron chi connectivity index (χ4n) is 2.61. The Bertz CT molecular complexity index is 545. The molecule has 0 fully saturated rings. The molecule has 3 nitrogen and oxygen atoms in total. The Labute approximate surface area is 128 Å². The molecule has 1 aromatic carbocycles. The minimum atomic E-state index is 0.758. The van der Waals surface area contributed by atoms with Crippen LogP contribution in [-0.2, 0) is 17.8 Å². The van der Waals surface area contributed by atoms with Crippen molar-refractivity contribution in [2.45, 2.75) is 39.8 Å². The molecule has 0 atom stereocenters. The number of fused-ring (bicyclic) bond motifs is 1. The largest absolute Gasteiger partial charge is 0.383 e. The average Bonchev–Trinajstić information content (AvgIpc) is 2.86. The molecular weight excluding hydrogens is 260 g/mol. The third-order valence-corrected chi connectivity index (χ3v) is 3.83. The minimum Gasteiger partial charge on any atom is -0.383 e. The molecule has 2 aromatic rings. The molecule has 0 aliphatic rings. The standard InChI is InChI=1S/C18H28N2O/c1-15(2)5-4-10-20-11-8-17-7-6-16(13-18(17)20)14-19-9-12-21-3/h6-8,11,13,15,19H,4-5,9-10,12,14H2,1-3H3. The monoisotopic (exact) mass is 288 g/mol. The van der Waals surface area contributed by atoms with Crippen LogP contribution in [0, 0.1) is 5.92 Å². The van der Waals surface area contributed by atoms with E-state index in [4.69, 9.17) is 4.74 Å². The molecule has 1 N–H and O–H groups in total. The van der Waals surface area contributed by atoms with Crippen LogP contribution >= 0.6 is 0 Å². The zero-order valence-electron chi connectivity index (χ0n) is 13.6. The van der Waals surface area contributed by atoms with E-state index in [-0.39, 0.29) is 0 Å². The number of methoxy groups -OCH3 is 1. The van der Waals surface area contributed by atoms with Crippen molar-refractivity contribution in [1.82, 2.24) is 9.88 Å². The highest BCUT2D eigenvalue weighted by Crippen LogP contribution is 2.19. The van der Waals surface area contributed by atoms with Gasteiger partial charge in [0, 0.05) is 38.5 Å². The van der Waals surface area contributed by atoms with Gasteiger partial charge >= 0.3 is 0 Å². The summed E-state index contributed by atoms with van der Waals surface area (Å²) in [7, 11) is 1.73. The number of hydrogen-bond donors (Lipinski definition) is 1. The Balaban J connectivity index is 1.99. The van der Waals surface area contributed by atoms with Gasteiger partial charge < -0.3 is 14.6 Å². The molecule has 3 heteroatoms. The first-order chi connectivity index (χ1) is 10.2. The lowest BCUT2D eigenvalue weighted by Crippen LogP contribution is -2.18. The number of nitrogens with one attached hydrogen (secondary N) is 1. The molecule has 0 amide bonds. The molecular formula is C18H28N2O. The predicted octanol–water partition coefficient (Wildman–Crippen LogP) is 3.81. The topological polar surface area (TPSA) is 26.2 Å². The lowest BCUT2D eigenvalue weighted by Gasteiger charge is -2.09. The van der Waals surface area contributed by atoms with Crippen molar-refractivity contribution in [3.63, 3.8) is 0 Å². The molecule has 0 aliphatic heterocycles. The number of nitrogens with zero attached hydrogens (tertiary/aromatic N) is 1. The van der Waals surface area contributed by atoms with Crippen molar-refractivity contribution < 1.29 is 4.74 Å². The Morgan fingerprint density at radius 1 is 1.24 bits per heavy atom. The number of aryl methyl sites for hydroxylation is 1. The molecule has 116 valence electrons. The molecule has 0 unspecified atom stereocenters. The summed E-state index contributed by atoms with van der Waals surface area (Å²) in [6, 6.07) is 8.96. The molecule has 0 aliphatic carbocycles. The predicted molar refractivity (Wildman–Crippen MR) is 89.6 cm³/mol. The Hall–Kier alpha value is -1.32. The smallest absolute Gasteiger partial charge is 0.0587 e. The van der Waals surface area contributed by atoms with E-state index in [1.165, 1.54) is 29.3 Å². The van der Waals surface area contributed by atoms with Gasteiger partial charge in [-0.2, -0.15) is 0 Å². The van der Waals surface area contributed by atoms with E-state index >= 15 is 0 Å². The summed E-state index contributed by atoms with van der Waals surface area (Å²) in [5.41, 5.74) is 2.69. The van der Waals surface area contributed by atoms with Crippen LogP contribution in [-0.4, -0.2) is 24.8 Å². The van der Waals surface area contributed by atoms with E-state index in [0.29, 0.717) is 0 Å². The number of hydrogen-bond acceptors (Lipinski definition) is 2. The van der Waals surface area contributed by atoms with Gasteiger partial charge in [0.2, 0.25) is 0 Å².